The summed E-state index contributed by atoms with van der Waals surface area (Å²) < 4.78 is 5.54. The van der Waals surface area contributed by atoms with Gasteiger partial charge in [-0.3, -0.25) is 15.0 Å². The van der Waals surface area contributed by atoms with Gasteiger partial charge in [0.15, 0.2) is 0 Å². The van der Waals surface area contributed by atoms with E-state index in [1.807, 2.05) is 11.4 Å². The molecule has 8 heteroatoms. The molecule has 0 spiro atoms. The molecular weight excluding hydrogens is 330 g/mol. The summed E-state index contributed by atoms with van der Waals surface area (Å²) in [4.78, 5) is 17.3. The molecule has 3 rings (SSSR count). The summed E-state index contributed by atoms with van der Waals surface area (Å²) >= 11 is 1.48. The van der Waals surface area contributed by atoms with E-state index in [0.717, 1.165) is 16.3 Å². The molecule has 2 heterocycles. The average Bonchev–Trinajstić information content (AvgIpc) is 3.05. The second kappa shape index (κ2) is 7.35. The Labute approximate surface area is 143 Å². The molecule has 1 aliphatic rings. The number of non-ortho nitro benzene ring substituents is 1. The SMILES string of the molecule is C[C@H]1CO[C@H](CO)CN1Cc1csc(-c2cccc([N+](=O)[O-])c2)n1. The van der Waals surface area contributed by atoms with Gasteiger partial charge in [-0.05, 0) is 6.92 Å². The Bertz CT molecular complexity index is 721. The van der Waals surface area contributed by atoms with Gasteiger partial charge in [0.05, 0.1) is 29.9 Å². The summed E-state index contributed by atoms with van der Waals surface area (Å²) in [6.07, 6.45) is -0.156. The number of thiazole rings is 1. The van der Waals surface area contributed by atoms with Crippen LogP contribution >= 0.6 is 11.3 Å². The molecule has 7 nitrogen and oxygen atoms in total. The lowest BCUT2D eigenvalue weighted by Crippen LogP contribution is -2.48. The summed E-state index contributed by atoms with van der Waals surface area (Å²) in [7, 11) is 0. The molecule has 128 valence electrons. The first kappa shape index (κ1) is 17.0. The largest absolute Gasteiger partial charge is 0.394 e. The first-order valence-electron chi connectivity index (χ1n) is 7.72. The summed E-state index contributed by atoms with van der Waals surface area (Å²) in [6, 6.07) is 6.78. The van der Waals surface area contributed by atoms with Gasteiger partial charge >= 0.3 is 0 Å². The Hall–Kier alpha value is -1.87. The second-order valence-corrected chi connectivity index (χ2v) is 6.73. The van der Waals surface area contributed by atoms with Crippen molar-refractivity contribution in [3.05, 3.63) is 45.5 Å². The van der Waals surface area contributed by atoms with Crippen LogP contribution in [-0.2, 0) is 11.3 Å². The quantitative estimate of drug-likeness (QED) is 0.658. The number of nitrogens with zero attached hydrogens (tertiary/aromatic N) is 3. The van der Waals surface area contributed by atoms with Gasteiger partial charge in [0.25, 0.3) is 5.69 Å². The third kappa shape index (κ3) is 3.78. The monoisotopic (exact) mass is 349 g/mol. The smallest absolute Gasteiger partial charge is 0.270 e. The molecule has 1 aliphatic heterocycles. The minimum atomic E-state index is -0.400. The lowest BCUT2D eigenvalue weighted by Gasteiger charge is -2.36. The molecule has 24 heavy (non-hydrogen) atoms. The minimum Gasteiger partial charge on any atom is -0.394 e. The molecule has 1 fully saturated rings. The molecule has 2 aromatic rings. The van der Waals surface area contributed by atoms with Crippen molar-refractivity contribution in [1.82, 2.24) is 9.88 Å². The van der Waals surface area contributed by atoms with E-state index in [1.54, 1.807) is 12.1 Å². The first-order chi connectivity index (χ1) is 11.6. The van der Waals surface area contributed by atoms with Gasteiger partial charge in [-0.25, -0.2) is 4.98 Å². The van der Waals surface area contributed by atoms with Crippen LogP contribution < -0.4 is 0 Å². The maximum Gasteiger partial charge on any atom is 0.270 e. The highest BCUT2D eigenvalue weighted by Gasteiger charge is 2.26. The number of aliphatic hydroxyl groups excluding tert-OH is 1. The van der Waals surface area contributed by atoms with Crippen LogP contribution in [-0.4, -0.2) is 51.8 Å². The summed E-state index contributed by atoms with van der Waals surface area (Å²) in [5.41, 5.74) is 1.74. The lowest BCUT2D eigenvalue weighted by atomic mass is 10.2. The van der Waals surface area contributed by atoms with Crippen molar-refractivity contribution < 1.29 is 14.8 Å². The van der Waals surface area contributed by atoms with Gasteiger partial charge < -0.3 is 9.84 Å². The third-order valence-corrected chi connectivity index (χ3v) is 5.00. The molecule has 1 saturated heterocycles. The zero-order valence-electron chi connectivity index (χ0n) is 13.3. The topological polar surface area (TPSA) is 88.7 Å². The van der Waals surface area contributed by atoms with Crippen molar-refractivity contribution in [2.24, 2.45) is 0 Å². The fraction of sp³-hybridized carbons (Fsp3) is 0.438. The highest BCUT2D eigenvalue weighted by atomic mass is 32.1. The first-order valence-corrected chi connectivity index (χ1v) is 8.60. The summed E-state index contributed by atoms with van der Waals surface area (Å²) in [5, 5.41) is 22.9. The molecule has 1 N–H and O–H groups in total. The van der Waals surface area contributed by atoms with Gasteiger partial charge in [-0.1, -0.05) is 12.1 Å². The number of ether oxygens (including phenoxy) is 1. The van der Waals surface area contributed by atoms with Gasteiger partial charge in [-0.15, -0.1) is 11.3 Å². The zero-order chi connectivity index (χ0) is 17.1. The van der Waals surface area contributed by atoms with Gasteiger partial charge in [0.1, 0.15) is 5.01 Å². The highest BCUT2D eigenvalue weighted by Crippen LogP contribution is 2.27. The van der Waals surface area contributed by atoms with Crippen LogP contribution in [0, 0.1) is 10.1 Å². The maximum absolute atomic E-state index is 10.9. The van der Waals surface area contributed by atoms with E-state index >= 15 is 0 Å². The Morgan fingerprint density at radius 1 is 1.54 bits per heavy atom. The van der Waals surface area contributed by atoms with Crippen molar-refractivity contribution in [1.29, 1.82) is 0 Å². The number of benzene rings is 1. The van der Waals surface area contributed by atoms with Crippen LogP contribution in [0.5, 0.6) is 0 Å². The van der Waals surface area contributed by atoms with Crippen LogP contribution in [0.1, 0.15) is 12.6 Å². The minimum absolute atomic E-state index is 0.0131. The van der Waals surface area contributed by atoms with Crippen molar-refractivity contribution in [2.45, 2.75) is 25.6 Å². The fourth-order valence-corrected chi connectivity index (χ4v) is 3.49. The number of nitro benzene ring substituents is 1. The number of hydrogen-bond donors (Lipinski definition) is 1. The number of morpholine rings is 1. The third-order valence-electron chi connectivity index (χ3n) is 4.06. The molecular formula is C16H19N3O4S. The zero-order valence-corrected chi connectivity index (χ0v) is 14.1. The number of aliphatic hydroxyl groups is 1. The van der Waals surface area contributed by atoms with E-state index < -0.39 is 4.92 Å². The van der Waals surface area contributed by atoms with E-state index in [4.69, 9.17) is 4.74 Å². The highest BCUT2D eigenvalue weighted by molar-refractivity contribution is 7.13. The lowest BCUT2D eigenvalue weighted by molar-refractivity contribution is -0.384. The molecule has 0 aliphatic carbocycles. The molecule has 1 aromatic carbocycles. The maximum atomic E-state index is 10.9. The standard InChI is InChI=1S/C16H19N3O4S/c1-11-9-23-15(8-20)7-18(11)6-13-10-24-16(17-13)12-3-2-4-14(5-12)19(21)22/h2-5,10-11,15,20H,6-9H2,1H3/t11-,15-/m0/s1. The molecule has 1 aromatic heterocycles. The van der Waals surface area contributed by atoms with Gasteiger partial charge in [-0.2, -0.15) is 0 Å². The van der Waals surface area contributed by atoms with E-state index in [1.165, 1.54) is 17.4 Å². The van der Waals surface area contributed by atoms with E-state index in [9.17, 15) is 15.2 Å². The molecule has 0 saturated carbocycles. The van der Waals surface area contributed by atoms with Crippen LogP contribution in [0.15, 0.2) is 29.6 Å². The van der Waals surface area contributed by atoms with Gasteiger partial charge in [0.2, 0.25) is 0 Å². The molecule has 0 bridgehead atoms. The summed E-state index contributed by atoms with van der Waals surface area (Å²) in [6.45, 7) is 4.03. The summed E-state index contributed by atoms with van der Waals surface area (Å²) in [5.74, 6) is 0. The van der Waals surface area contributed by atoms with Crippen LogP contribution in [0.2, 0.25) is 0 Å². The van der Waals surface area contributed by atoms with Crippen LogP contribution in [0.4, 0.5) is 5.69 Å². The van der Waals surface area contributed by atoms with Crippen molar-refractivity contribution in [3.8, 4) is 10.6 Å². The number of hydrogen-bond acceptors (Lipinski definition) is 7. The molecule has 0 radical (unpaired) electrons. The van der Waals surface area contributed by atoms with Crippen molar-refractivity contribution in [3.63, 3.8) is 0 Å². The number of nitro groups is 1. The second-order valence-electron chi connectivity index (χ2n) is 5.87. The van der Waals surface area contributed by atoms with Gasteiger partial charge in [0, 0.05) is 42.2 Å². The van der Waals surface area contributed by atoms with Crippen LogP contribution in [0.3, 0.4) is 0 Å². The van der Waals surface area contributed by atoms with Crippen LogP contribution in [0.25, 0.3) is 10.6 Å². The number of aromatic nitrogens is 1. The van der Waals surface area contributed by atoms with Crippen molar-refractivity contribution in [2.75, 3.05) is 19.8 Å². The predicted molar refractivity (Wildman–Crippen MR) is 90.9 cm³/mol. The normalized spacial score (nSPS) is 21.8. The van der Waals surface area contributed by atoms with E-state index in [2.05, 4.69) is 16.8 Å². The van der Waals surface area contributed by atoms with E-state index in [0.29, 0.717) is 19.7 Å². The Kier molecular flexibility index (Phi) is 5.20. The number of rotatable bonds is 5. The fourth-order valence-electron chi connectivity index (χ4n) is 2.68. The molecule has 0 amide bonds. The molecule has 0 unspecified atom stereocenters. The Morgan fingerprint density at radius 3 is 3.12 bits per heavy atom. The Morgan fingerprint density at radius 2 is 2.38 bits per heavy atom. The predicted octanol–water partition coefficient (Wildman–Crippen LogP) is 2.30. The average molecular weight is 349 g/mol. The molecule has 2 atom stereocenters. The van der Waals surface area contributed by atoms with Crippen molar-refractivity contribution >= 4 is 17.0 Å². The van der Waals surface area contributed by atoms with E-state index in [-0.39, 0.29) is 24.4 Å². The Balaban J connectivity index is 1.73.